The van der Waals surface area contributed by atoms with Crippen molar-refractivity contribution in [3.63, 3.8) is 0 Å². The maximum Gasteiger partial charge on any atom is 0.107 e. The van der Waals surface area contributed by atoms with Crippen molar-refractivity contribution in [3.05, 3.63) is 0 Å². The van der Waals surface area contributed by atoms with Gasteiger partial charge in [-0.2, -0.15) is 0 Å². The van der Waals surface area contributed by atoms with E-state index in [0.717, 1.165) is 19.2 Å². The first kappa shape index (κ1) is 26.6. The Bertz CT molecular complexity index is 364. The van der Waals surface area contributed by atoms with Crippen LogP contribution in [0.25, 0.3) is 0 Å². The van der Waals surface area contributed by atoms with Crippen molar-refractivity contribution in [2.75, 3.05) is 26.5 Å². The summed E-state index contributed by atoms with van der Waals surface area (Å²) in [5, 5.41) is 3.13. The van der Waals surface area contributed by atoms with Gasteiger partial charge < -0.3 is 18.9 Å². The number of hydrogen-bond acceptors (Lipinski definition) is 6. The van der Waals surface area contributed by atoms with Crippen molar-refractivity contribution in [2.24, 2.45) is 0 Å². The van der Waals surface area contributed by atoms with Gasteiger partial charge in [0, 0.05) is 6.42 Å². The highest BCUT2D eigenvalue weighted by Gasteiger charge is 2.26. The molecule has 0 rings (SSSR count). The topological polar surface area (TPSA) is 49.0 Å². The molecule has 0 aromatic rings. The van der Waals surface area contributed by atoms with E-state index in [2.05, 4.69) is 66.2 Å². The van der Waals surface area contributed by atoms with Gasteiger partial charge in [0.1, 0.15) is 11.7 Å². The summed E-state index contributed by atoms with van der Waals surface area (Å²) in [6.07, 6.45) is 3.05. The first-order valence-electron chi connectivity index (χ1n) is 9.54. The standard InChI is InChI=1S/C19H42NO4PS/c1-10-17(24-16(4)25(9)14-21-15(2)3)11-18(5,6)22-12-20-13-23-19(7,8)26/h15-17,20,26H,10-14H2,1-9H3. The van der Waals surface area contributed by atoms with Crippen molar-refractivity contribution in [3.8, 4) is 0 Å². The van der Waals surface area contributed by atoms with Crippen LogP contribution in [0.4, 0.5) is 0 Å². The molecule has 0 aliphatic heterocycles. The minimum Gasteiger partial charge on any atom is -0.374 e. The van der Waals surface area contributed by atoms with Gasteiger partial charge in [-0.1, -0.05) is 14.8 Å². The predicted molar refractivity (Wildman–Crippen MR) is 115 cm³/mol. The molecular formula is C19H42NO4PS. The zero-order valence-electron chi connectivity index (χ0n) is 18.3. The Balaban J connectivity index is 4.24. The fraction of sp³-hybridized carbons (Fsp3) is 1.00. The lowest BCUT2D eigenvalue weighted by Gasteiger charge is -2.33. The Morgan fingerprint density at radius 2 is 1.62 bits per heavy atom. The summed E-state index contributed by atoms with van der Waals surface area (Å²) >= 11 is 4.32. The Hall–Kier alpha value is 0.580. The molecule has 0 bridgehead atoms. The molecule has 0 aliphatic carbocycles. The molecule has 0 fully saturated rings. The molecule has 0 aliphatic rings. The molecule has 5 nitrogen and oxygen atoms in total. The summed E-state index contributed by atoms with van der Waals surface area (Å²) in [6.45, 7) is 19.6. The zero-order valence-corrected chi connectivity index (χ0v) is 20.1. The van der Waals surface area contributed by atoms with Crippen LogP contribution in [0.5, 0.6) is 0 Å². The molecule has 0 amide bonds. The van der Waals surface area contributed by atoms with Crippen LogP contribution in [0, 0.1) is 0 Å². The first-order chi connectivity index (χ1) is 11.9. The van der Waals surface area contributed by atoms with Crippen LogP contribution in [0.1, 0.15) is 68.2 Å². The average molecular weight is 412 g/mol. The molecular weight excluding hydrogens is 369 g/mol. The van der Waals surface area contributed by atoms with E-state index in [1.165, 1.54) is 0 Å². The number of rotatable bonds is 15. The summed E-state index contributed by atoms with van der Waals surface area (Å²) < 4.78 is 23.5. The highest BCUT2D eigenvalue weighted by Crippen LogP contribution is 2.39. The van der Waals surface area contributed by atoms with Crippen LogP contribution in [0.3, 0.4) is 0 Å². The van der Waals surface area contributed by atoms with Crippen LogP contribution >= 0.6 is 20.6 Å². The van der Waals surface area contributed by atoms with Crippen LogP contribution in [-0.4, -0.2) is 55.1 Å². The number of nitrogens with one attached hydrogen (secondary N) is 1. The predicted octanol–water partition coefficient (Wildman–Crippen LogP) is 4.99. The van der Waals surface area contributed by atoms with E-state index in [1.807, 2.05) is 13.8 Å². The maximum atomic E-state index is 6.32. The molecule has 26 heavy (non-hydrogen) atoms. The molecule has 3 atom stereocenters. The molecule has 0 saturated carbocycles. The van der Waals surface area contributed by atoms with E-state index in [1.54, 1.807) is 0 Å². The summed E-state index contributed by atoms with van der Waals surface area (Å²) in [5.41, 5.74) is -0.269. The van der Waals surface area contributed by atoms with Crippen LogP contribution in [0.2, 0.25) is 0 Å². The summed E-state index contributed by atoms with van der Waals surface area (Å²) in [4.78, 5) is -0.447. The fourth-order valence-electron chi connectivity index (χ4n) is 2.17. The third-order valence-electron chi connectivity index (χ3n) is 3.89. The molecule has 0 aromatic carbocycles. The summed E-state index contributed by atoms with van der Waals surface area (Å²) in [7, 11) is -0.303. The van der Waals surface area contributed by atoms with Gasteiger partial charge in [0.15, 0.2) is 0 Å². The Kier molecular flexibility index (Phi) is 13.2. The minimum atomic E-state index is -0.447. The van der Waals surface area contributed by atoms with Gasteiger partial charge in [-0.25, -0.2) is 0 Å². The van der Waals surface area contributed by atoms with E-state index < -0.39 is 4.93 Å². The Morgan fingerprint density at radius 1 is 1.04 bits per heavy atom. The van der Waals surface area contributed by atoms with Crippen LogP contribution in [0.15, 0.2) is 0 Å². The molecule has 7 heteroatoms. The van der Waals surface area contributed by atoms with E-state index >= 15 is 0 Å². The second kappa shape index (κ2) is 12.9. The highest BCUT2D eigenvalue weighted by molar-refractivity contribution is 7.81. The summed E-state index contributed by atoms with van der Waals surface area (Å²) in [5.74, 6) is 0.216. The monoisotopic (exact) mass is 411 g/mol. The molecule has 0 aromatic heterocycles. The molecule has 158 valence electrons. The second-order valence-electron chi connectivity index (χ2n) is 8.11. The minimum absolute atomic E-state index is 0.177. The SMILES string of the molecule is CCC(CC(C)(C)OCNCOC(C)(C)S)OC(C)P(C)COC(C)C. The van der Waals surface area contributed by atoms with Crippen molar-refractivity contribution in [1.29, 1.82) is 0 Å². The van der Waals surface area contributed by atoms with E-state index in [-0.39, 0.29) is 31.6 Å². The smallest absolute Gasteiger partial charge is 0.107 e. The van der Waals surface area contributed by atoms with Gasteiger partial charge in [0.05, 0.1) is 36.7 Å². The highest BCUT2D eigenvalue weighted by atomic mass is 32.1. The van der Waals surface area contributed by atoms with E-state index in [9.17, 15) is 0 Å². The molecule has 0 radical (unpaired) electrons. The number of thiol groups is 1. The third-order valence-corrected chi connectivity index (χ3v) is 5.94. The largest absolute Gasteiger partial charge is 0.374 e. The normalized spacial score (nSPS) is 16.7. The number of hydrogen-bond donors (Lipinski definition) is 2. The molecule has 3 unspecified atom stereocenters. The van der Waals surface area contributed by atoms with Gasteiger partial charge in [-0.05, 0) is 61.6 Å². The van der Waals surface area contributed by atoms with Crippen molar-refractivity contribution in [2.45, 2.75) is 96.8 Å². The lowest BCUT2D eigenvalue weighted by atomic mass is 9.99. The van der Waals surface area contributed by atoms with Crippen LogP contribution in [-0.2, 0) is 18.9 Å². The van der Waals surface area contributed by atoms with Gasteiger partial charge in [-0.3, -0.25) is 5.32 Å². The Morgan fingerprint density at radius 3 is 2.12 bits per heavy atom. The Labute approximate surface area is 168 Å². The molecule has 0 heterocycles. The van der Waals surface area contributed by atoms with Gasteiger partial charge in [0.25, 0.3) is 0 Å². The van der Waals surface area contributed by atoms with Crippen molar-refractivity contribution < 1.29 is 18.9 Å². The number of ether oxygens (including phenoxy) is 4. The molecule has 0 saturated heterocycles. The van der Waals surface area contributed by atoms with Crippen LogP contribution < -0.4 is 5.32 Å². The average Bonchev–Trinajstić information content (AvgIpc) is 2.49. The molecule has 1 N–H and O–H groups in total. The zero-order chi connectivity index (χ0) is 20.4. The van der Waals surface area contributed by atoms with E-state index in [4.69, 9.17) is 18.9 Å². The van der Waals surface area contributed by atoms with Gasteiger partial charge in [0.2, 0.25) is 0 Å². The lowest BCUT2D eigenvalue weighted by molar-refractivity contribution is -0.0840. The fourth-order valence-corrected chi connectivity index (χ4v) is 3.35. The second-order valence-corrected chi connectivity index (χ2v) is 11.7. The van der Waals surface area contributed by atoms with Crippen molar-refractivity contribution >= 4 is 20.6 Å². The lowest BCUT2D eigenvalue weighted by Crippen LogP contribution is -2.37. The first-order valence-corrected chi connectivity index (χ1v) is 12.0. The third kappa shape index (κ3) is 14.6. The van der Waals surface area contributed by atoms with E-state index in [0.29, 0.717) is 13.5 Å². The van der Waals surface area contributed by atoms with Gasteiger partial charge in [-0.15, -0.1) is 12.6 Å². The maximum absolute atomic E-state index is 6.32. The van der Waals surface area contributed by atoms with Gasteiger partial charge >= 0.3 is 0 Å². The molecule has 0 spiro atoms. The van der Waals surface area contributed by atoms with Crippen molar-refractivity contribution in [1.82, 2.24) is 5.32 Å². The quantitative estimate of drug-likeness (QED) is 0.172. The summed E-state index contributed by atoms with van der Waals surface area (Å²) in [6, 6.07) is 0.